The third kappa shape index (κ3) is 5.51. The zero-order chi connectivity index (χ0) is 18.9. The molecule has 0 saturated carbocycles. The van der Waals surface area contributed by atoms with Gasteiger partial charge >= 0.3 is 0 Å². The van der Waals surface area contributed by atoms with Crippen molar-refractivity contribution in [2.75, 3.05) is 17.7 Å². The second-order valence-corrected chi connectivity index (χ2v) is 5.95. The van der Waals surface area contributed by atoms with Crippen molar-refractivity contribution in [3.05, 3.63) is 78.9 Å². The van der Waals surface area contributed by atoms with Crippen LogP contribution in [0.5, 0.6) is 17.2 Å². The molecule has 0 bridgehead atoms. The summed E-state index contributed by atoms with van der Waals surface area (Å²) in [5.41, 5.74) is 7.06. The molecule has 0 aliphatic carbocycles. The van der Waals surface area contributed by atoms with Crippen molar-refractivity contribution >= 4 is 17.3 Å². The molecule has 0 radical (unpaired) electrons. The van der Waals surface area contributed by atoms with Crippen LogP contribution in [0.1, 0.15) is 12.8 Å². The summed E-state index contributed by atoms with van der Waals surface area (Å²) in [5, 5.41) is 2.90. The number of benzene rings is 3. The lowest BCUT2D eigenvalue weighted by atomic mass is 10.2. The van der Waals surface area contributed by atoms with Crippen molar-refractivity contribution in [1.29, 1.82) is 0 Å². The minimum atomic E-state index is -0.0938. The van der Waals surface area contributed by atoms with E-state index in [1.54, 1.807) is 6.07 Å². The summed E-state index contributed by atoms with van der Waals surface area (Å²) in [4.78, 5) is 12.2. The summed E-state index contributed by atoms with van der Waals surface area (Å²) in [6.45, 7) is 0.420. The second-order valence-electron chi connectivity index (χ2n) is 5.95. The summed E-state index contributed by atoms with van der Waals surface area (Å²) < 4.78 is 11.5. The highest BCUT2D eigenvalue weighted by Crippen LogP contribution is 2.29. The first-order chi connectivity index (χ1) is 13.2. The van der Waals surface area contributed by atoms with Crippen molar-refractivity contribution in [3.63, 3.8) is 0 Å². The van der Waals surface area contributed by atoms with E-state index in [0.29, 0.717) is 48.1 Å². The van der Waals surface area contributed by atoms with Crippen molar-refractivity contribution in [1.82, 2.24) is 0 Å². The molecule has 0 heterocycles. The second kappa shape index (κ2) is 9.29. The van der Waals surface area contributed by atoms with Crippen LogP contribution in [-0.4, -0.2) is 12.5 Å². The van der Waals surface area contributed by atoms with Crippen LogP contribution in [0.25, 0.3) is 0 Å². The van der Waals surface area contributed by atoms with Gasteiger partial charge in [-0.15, -0.1) is 0 Å². The van der Waals surface area contributed by atoms with Crippen molar-refractivity contribution < 1.29 is 14.3 Å². The first-order valence-corrected chi connectivity index (χ1v) is 8.81. The van der Waals surface area contributed by atoms with E-state index >= 15 is 0 Å². The quantitative estimate of drug-likeness (QED) is 0.443. The number of nitrogens with one attached hydrogen (secondary N) is 1. The van der Waals surface area contributed by atoms with Gasteiger partial charge in [-0.3, -0.25) is 4.79 Å². The molecule has 1 amide bonds. The lowest BCUT2D eigenvalue weighted by molar-refractivity contribution is -0.116. The number of anilines is 2. The number of nitrogen functional groups attached to an aromatic ring is 1. The minimum Gasteiger partial charge on any atom is -0.491 e. The predicted molar refractivity (Wildman–Crippen MR) is 107 cm³/mol. The molecule has 0 aliphatic heterocycles. The molecule has 3 aromatic rings. The van der Waals surface area contributed by atoms with Crippen LogP contribution in [0.4, 0.5) is 11.4 Å². The fourth-order valence-electron chi connectivity index (χ4n) is 2.51. The molecule has 0 saturated heterocycles. The lowest BCUT2D eigenvalue weighted by Gasteiger charge is -2.12. The van der Waals surface area contributed by atoms with E-state index in [4.69, 9.17) is 15.2 Å². The largest absolute Gasteiger partial charge is 0.491 e. The Hall–Kier alpha value is -3.47. The van der Waals surface area contributed by atoms with Crippen LogP contribution in [-0.2, 0) is 4.79 Å². The molecule has 3 N–H and O–H groups in total. The summed E-state index contributed by atoms with van der Waals surface area (Å²) >= 11 is 0. The van der Waals surface area contributed by atoms with Gasteiger partial charge in [0.2, 0.25) is 5.91 Å². The highest BCUT2D eigenvalue weighted by molar-refractivity contribution is 5.92. The van der Waals surface area contributed by atoms with Gasteiger partial charge in [-0.1, -0.05) is 42.5 Å². The standard InChI is InChI=1S/C22H22N2O3/c23-18-11-4-6-13-20(18)26-16-8-15-22(25)24-19-12-5-7-14-21(19)27-17-9-2-1-3-10-17/h1-7,9-14H,8,15-16,23H2,(H,24,25). The molecule has 0 aromatic heterocycles. The molecule has 27 heavy (non-hydrogen) atoms. The summed E-state index contributed by atoms with van der Waals surface area (Å²) in [5.74, 6) is 1.86. The third-order valence-corrected chi connectivity index (χ3v) is 3.86. The summed E-state index contributed by atoms with van der Waals surface area (Å²) in [6.07, 6.45) is 0.925. The molecule has 3 aromatic carbocycles. The predicted octanol–water partition coefficient (Wildman–Crippen LogP) is 4.86. The maximum atomic E-state index is 12.2. The Labute approximate surface area is 158 Å². The van der Waals surface area contributed by atoms with Crippen LogP contribution in [0.3, 0.4) is 0 Å². The van der Waals surface area contributed by atoms with E-state index in [2.05, 4.69) is 5.32 Å². The van der Waals surface area contributed by atoms with Gasteiger partial charge < -0.3 is 20.5 Å². The van der Waals surface area contributed by atoms with Gasteiger partial charge in [0.1, 0.15) is 11.5 Å². The Morgan fingerprint density at radius 3 is 2.30 bits per heavy atom. The first-order valence-electron chi connectivity index (χ1n) is 8.81. The number of carbonyl (C=O) groups excluding carboxylic acids is 1. The fraction of sp³-hybridized carbons (Fsp3) is 0.136. The fourth-order valence-corrected chi connectivity index (χ4v) is 2.51. The maximum absolute atomic E-state index is 12.2. The zero-order valence-electron chi connectivity index (χ0n) is 14.9. The molecule has 0 unspecified atom stereocenters. The van der Waals surface area contributed by atoms with Gasteiger partial charge in [0.05, 0.1) is 18.0 Å². The normalized spacial score (nSPS) is 10.2. The van der Waals surface area contributed by atoms with Crippen LogP contribution >= 0.6 is 0 Å². The van der Waals surface area contributed by atoms with Gasteiger partial charge in [0, 0.05) is 6.42 Å². The Morgan fingerprint density at radius 2 is 1.52 bits per heavy atom. The Bertz CT molecular complexity index is 881. The van der Waals surface area contributed by atoms with Crippen LogP contribution < -0.4 is 20.5 Å². The average Bonchev–Trinajstić information content (AvgIpc) is 2.69. The van der Waals surface area contributed by atoms with E-state index < -0.39 is 0 Å². The topological polar surface area (TPSA) is 73.6 Å². The Kier molecular flexibility index (Phi) is 6.30. The van der Waals surface area contributed by atoms with Crippen LogP contribution in [0.2, 0.25) is 0 Å². The molecular formula is C22H22N2O3. The van der Waals surface area contributed by atoms with Gasteiger partial charge in [0.25, 0.3) is 0 Å². The van der Waals surface area contributed by atoms with Gasteiger partial charge in [-0.05, 0) is 42.8 Å². The molecule has 0 spiro atoms. The van der Waals surface area contributed by atoms with E-state index in [1.807, 2.05) is 72.8 Å². The number of rotatable bonds is 8. The van der Waals surface area contributed by atoms with Gasteiger partial charge in [-0.2, -0.15) is 0 Å². The number of carbonyl (C=O) groups is 1. The van der Waals surface area contributed by atoms with Gasteiger partial charge in [-0.25, -0.2) is 0 Å². The maximum Gasteiger partial charge on any atom is 0.224 e. The molecule has 3 rings (SSSR count). The van der Waals surface area contributed by atoms with Crippen LogP contribution in [0.15, 0.2) is 78.9 Å². The average molecular weight is 362 g/mol. The van der Waals surface area contributed by atoms with E-state index in [0.717, 1.165) is 0 Å². The minimum absolute atomic E-state index is 0.0938. The lowest BCUT2D eigenvalue weighted by Crippen LogP contribution is -2.13. The highest BCUT2D eigenvalue weighted by Gasteiger charge is 2.09. The molecule has 0 atom stereocenters. The number of amides is 1. The Morgan fingerprint density at radius 1 is 0.852 bits per heavy atom. The van der Waals surface area contributed by atoms with Crippen molar-refractivity contribution in [3.8, 4) is 17.2 Å². The van der Waals surface area contributed by atoms with Crippen molar-refractivity contribution in [2.45, 2.75) is 12.8 Å². The van der Waals surface area contributed by atoms with Crippen LogP contribution in [0, 0.1) is 0 Å². The number of hydrogen-bond donors (Lipinski definition) is 2. The van der Waals surface area contributed by atoms with E-state index in [9.17, 15) is 4.79 Å². The number of hydrogen-bond acceptors (Lipinski definition) is 4. The molecule has 0 aliphatic rings. The highest BCUT2D eigenvalue weighted by atomic mass is 16.5. The first kappa shape index (κ1) is 18.3. The monoisotopic (exact) mass is 362 g/mol. The summed E-state index contributed by atoms with van der Waals surface area (Å²) in [7, 11) is 0. The molecule has 5 heteroatoms. The molecule has 138 valence electrons. The third-order valence-electron chi connectivity index (χ3n) is 3.86. The van der Waals surface area contributed by atoms with E-state index in [-0.39, 0.29) is 5.91 Å². The van der Waals surface area contributed by atoms with Crippen molar-refractivity contribution in [2.24, 2.45) is 0 Å². The number of nitrogens with two attached hydrogens (primary N) is 1. The van der Waals surface area contributed by atoms with Gasteiger partial charge in [0.15, 0.2) is 5.75 Å². The molecular weight excluding hydrogens is 340 g/mol. The number of para-hydroxylation sites is 5. The molecule has 5 nitrogen and oxygen atoms in total. The summed E-state index contributed by atoms with van der Waals surface area (Å²) in [6, 6.07) is 24.1. The Balaban J connectivity index is 1.50. The smallest absolute Gasteiger partial charge is 0.224 e. The zero-order valence-corrected chi connectivity index (χ0v) is 14.9. The SMILES string of the molecule is Nc1ccccc1OCCCC(=O)Nc1ccccc1Oc1ccccc1. The van der Waals surface area contributed by atoms with E-state index in [1.165, 1.54) is 0 Å². The number of ether oxygens (including phenoxy) is 2. The molecule has 0 fully saturated rings.